The predicted octanol–water partition coefficient (Wildman–Crippen LogP) is 3.48. The van der Waals surface area contributed by atoms with Crippen LogP contribution in [0.15, 0.2) is 46.1 Å². The van der Waals surface area contributed by atoms with Gasteiger partial charge >= 0.3 is 0 Å². The number of nitrogens with one attached hydrogen (secondary N) is 2. The summed E-state index contributed by atoms with van der Waals surface area (Å²) in [5.74, 6) is 0.779. The van der Waals surface area contributed by atoms with E-state index < -0.39 is 0 Å². The molecule has 0 atom stereocenters. The predicted molar refractivity (Wildman–Crippen MR) is 106 cm³/mol. The van der Waals surface area contributed by atoms with E-state index in [0.717, 1.165) is 45.9 Å². The summed E-state index contributed by atoms with van der Waals surface area (Å²) in [6.45, 7) is 3.48. The molecular formula is C18H21N5S2. The molecule has 2 aromatic heterocycles. The van der Waals surface area contributed by atoms with Gasteiger partial charge < -0.3 is 10.6 Å². The van der Waals surface area contributed by atoms with Crippen LogP contribution >= 0.6 is 22.7 Å². The standard InChI is InChI=1S/C18H21N5S2/c1-13-22-15(11-24-13)8-9-20-18(19-2)21-10-16-12-25-17(23-16)14-6-4-3-5-7-14/h3-7,11-12H,8-10H2,1-2H3,(H2,19,20,21). The van der Waals surface area contributed by atoms with Gasteiger partial charge in [0, 0.05) is 36.3 Å². The van der Waals surface area contributed by atoms with Crippen molar-refractivity contribution in [2.24, 2.45) is 4.99 Å². The number of aliphatic imine (C=N–C) groups is 1. The Hall–Kier alpha value is -2.25. The Morgan fingerprint density at radius 3 is 2.56 bits per heavy atom. The summed E-state index contributed by atoms with van der Waals surface area (Å²) in [5.41, 5.74) is 3.29. The number of benzene rings is 1. The molecule has 7 heteroatoms. The molecule has 0 unspecified atom stereocenters. The first-order chi connectivity index (χ1) is 12.2. The molecule has 3 rings (SSSR count). The van der Waals surface area contributed by atoms with Gasteiger partial charge in [-0.05, 0) is 6.92 Å². The van der Waals surface area contributed by atoms with Crippen LogP contribution in [0.4, 0.5) is 0 Å². The first-order valence-corrected chi connectivity index (χ1v) is 9.86. The third-order valence-corrected chi connectivity index (χ3v) is 5.34. The molecule has 130 valence electrons. The van der Waals surface area contributed by atoms with Gasteiger partial charge in [-0.3, -0.25) is 4.99 Å². The Morgan fingerprint density at radius 2 is 1.84 bits per heavy atom. The molecule has 0 amide bonds. The maximum atomic E-state index is 4.68. The highest BCUT2D eigenvalue weighted by Crippen LogP contribution is 2.23. The van der Waals surface area contributed by atoms with Crippen LogP contribution in [-0.4, -0.2) is 29.5 Å². The molecule has 0 radical (unpaired) electrons. The molecule has 5 nitrogen and oxygen atoms in total. The maximum Gasteiger partial charge on any atom is 0.191 e. The lowest BCUT2D eigenvalue weighted by Crippen LogP contribution is -2.37. The zero-order valence-electron chi connectivity index (χ0n) is 14.3. The van der Waals surface area contributed by atoms with Crippen molar-refractivity contribution < 1.29 is 0 Å². The molecule has 0 aliphatic heterocycles. The Morgan fingerprint density at radius 1 is 1.04 bits per heavy atom. The molecule has 0 aliphatic carbocycles. The van der Waals surface area contributed by atoms with Crippen LogP contribution in [0.5, 0.6) is 0 Å². The van der Waals surface area contributed by atoms with Gasteiger partial charge in [-0.2, -0.15) is 0 Å². The largest absolute Gasteiger partial charge is 0.356 e. The van der Waals surface area contributed by atoms with Crippen LogP contribution in [0.3, 0.4) is 0 Å². The number of hydrogen-bond donors (Lipinski definition) is 2. The summed E-state index contributed by atoms with van der Waals surface area (Å²) in [6.07, 6.45) is 0.889. The van der Waals surface area contributed by atoms with E-state index in [0.29, 0.717) is 6.54 Å². The molecule has 0 spiro atoms. The molecule has 1 aromatic carbocycles. The Bertz CT molecular complexity index is 823. The molecule has 2 N–H and O–H groups in total. The van der Waals surface area contributed by atoms with Gasteiger partial charge in [0.15, 0.2) is 5.96 Å². The van der Waals surface area contributed by atoms with Crippen molar-refractivity contribution in [2.75, 3.05) is 13.6 Å². The van der Waals surface area contributed by atoms with Gasteiger partial charge in [0.2, 0.25) is 0 Å². The summed E-state index contributed by atoms with van der Waals surface area (Å²) >= 11 is 3.35. The lowest BCUT2D eigenvalue weighted by Gasteiger charge is -2.10. The van der Waals surface area contributed by atoms with E-state index in [1.807, 2.05) is 25.1 Å². The van der Waals surface area contributed by atoms with Crippen molar-refractivity contribution in [2.45, 2.75) is 19.9 Å². The summed E-state index contributed by atoms with van der Waals surface area (Å²) in [7, 11) is 1.78. The number of nitrogens with zero attached hydrogens (tertiary/aromatic N) is 3. The van der Waals surface area contributed by atoms with E-state index in [1.54, 1.807) is 29.7 Å². The zero-order valence-corrected chi connectivity index (χ0v) is 16.0. The minimum atomic E-state index is 0.652. The summed E-state index contributed by atoms with van der Waals surface area (Å²) < 4.78 is 0. The monoisotopic (exact) mass is 371 g/mol. The lowest BCUT2D eigenvalue weighted by molar-refractivity contribution is 0.779. The van der Waals surface area contributed by atoms with Crippen molar-refractivity contribution in [3.8, 4) is 10.6 Å². The number of aryl methyl sites for hydroxylation is 1. The minimum absolute atomic E-state index is 0.652. The van der Waals surface area contributed by atoms with E-state index in [1.165, 1.54) is 0 Å². The topological polar surface area (TPSA) is 62.2 Å². The zero-order chi connectivity index (χ0) is 17.5. The summed E-state index contributed by atoms with van der Waals surface area (Å²) in [6, 6.07) is 10.2. The molecule has 0 fully saturated rings. The van der Waals surface area contributed by atoms with Crippen molar-refractivity contribution >= 4 is 28.6 Å². The maximum absolute atomic E-state index is 4.68. The second kappa shape index (κ2) is 8.73. The third-order valence-electron chi connectivity index (χ3n) is 3.57. The Balaban J connectivity index is 1.47. The normalized spacial score (nSPS) is 11.5. The molecule has 3 aromatic rings. The van der Waals surface area contributed by atoms with Crippen molar-refractivity contribution in [3.63, 3.8) is 0 Å². The fourth-order valence-electron chi connectivity index (χ4n) is 2.33. The quantitative estimate of drug-likeness (QED) is 0.514. The van der Waals surface area contributed by atoms with Crippen LogP contribution in [0.2, 0.25) is 0 Å². The van der Waals surface area contributed by atoms with Gasteiger partial charge in [0.25, 0.3) is 0 Å². The van der Waals surface area contributed by atoms with Gasteiger partial charge in [0.05, 0.1) is 22.9 Å². The van der Waals surface area contributed by atoms with Gasteiger partial charge in [-0.15, -0.1) is 22.7 Å². The average Bonchev–Trinajstić information content (AvgIpc) is 3.28. The molecule has 0 aliphatic rings. The Kier molecular flexibility index (Phi) is 6.14. The molecule has 0 bridgehead atoms. The van der Waals surface area contributed by atoms with Crippen LogP contribution < -0.4 is 10.6 Å². The van der Waals surface area contributed by atoms with E-state index in [4.69, 9.17) is 0 Å². The number of aromatic nitrogens is 2. The second-order valence-electron chi connectivity index (χ2n) is 5.47. The Labute approximate surface area is 155 Å². The first-order valence-electron chi connectivity index (χ1n) is 8.10. The average molecular weight is 372 g/mol. The third kappa shape index (κ3) is 5.11. The molecule has 0 saturated heterocycles. The van der Waals surface area contributed by atoms with E-state index in [2.05, 4.69) is 48.5 Å². The molecular weight excluding hydrogens is 350 g/mol. The number of rotatable bonds is 6. The summed E-state index contributed by atoms with van der Waals surface area (Å²) in [4.78, 5) is 13.4. The van der Waals surface area contributed by atoms with Crippen LogP contribution in [-0.2, 0) is 13.0 Å². The number of thiazole rings is 2. The molecule has 25 heavy (non-hydrogen) atoms. The minimum Gasteiger partial charge on any atom is -0.356 e. The van der Waals surface area contributed by atoms with Crippen LogP contribution in [0, 0.1) is 6.92 Å². The highest BCUT2D eigenvalue weighted by Gasteiger charge is 2.05. The number of guanidine groups is 1. The van der Waals surface area contributed by atoms with E-state index >= 15 is 0 Å². The van der Waals surface area contributed by atoms with E-state index in [9.17, 15) is 0 Å². The first kappa shape index (κ1) is 17.6. The smallest absolute Gasteiger partial charge is 0.191 e. The molecule has 2 heterocycles. The second-order valence-corrected chi connectivity index (χ2v) is 7.39. The van der Waals surface area contributed by atoms with Gasteiger partial charge in [-0.1, -0.05) is 30.3 Å². The van der Waals surface area contributed by atoms with Crippen molar-refractivity contribution in [3.05, 3.63) is 57.5 Å². The van der Waals surface area contributed by atoms with Crippen LogP contribution in [0.25, 0.3) is 10.6 Å². The van der Waals surface area contributed by atoms with Gasteiger partial charge in [-0.25, -0.2) is 9.97 Å². The number of hydrogen-bond acceptors (Lipinski definition) is 5. The van der Waals surface area contributed by atoms with Gasteiger partial charge in [0.1, 0.15) is 5.01 Å². The summed E-state index contributed by atoms with van der Waals surface area (Å²) in [5, 5.41) is 13.0. The lowest BCUT2D eigenvalue weighted by atomic mass is 10.2. The fraction of sp³-hybridized carbons (Fsp3) is 0.278. The van der Waals surface area contributed by atoms with E-state index in [-0.39, 0.29) is 0 Å². The highest BCUT2D eigenvalue weighted by molar-refractivity contribution is 7.13. The molecule has 0 saturated carbocycles. The fourth-order valence-corrected chi connectivity index (χ4v) is 3.80. The highest BCUT2D eigenvalue weighted by atomic mass is 32.1. The van der Waals surface area contributed by atoms with Crippen molar-refractivity contribution in [1.29, 1.82) is 0 Å². The van der Waals surface area contributed by atoms with Crippen LogP contribution in [0.1, 0.15) is 16.4 Å². The SMILES string of the molecule is CN=C(NCCc1csc(C)n1)NCc1csc(-c2ccccc2)n1. The van der Waals surface area contributed by atoms with Crippen molar-refractivity contribution in [1.82, 2.24) is 20.6 Å².